The molecule has 1 aliphatic carbocycles. The zero-order valence-corrected chi connectivity index (χ0v) is 8.32. The van der Waals surface area contributed by atoms with Gasteiger partial charge >= 0.3 is 0 Å². The molecule has 0 aliphatic heterocycles. The summed E-state index contributed by atoms with van der Waals surface area (Å²) < 4.78 is 5.52. The molecule has 1 saturated carbocycles. The van der Waals surface area contributed by atoms with E-state index in [1.54, 1.807) is 0 Å². The van der Waals surface area contributed by atoms with Crippen LogP contribution in [0.2, 0.25) is 0 Å². The second-order valence-electron chi connectivity index (χ2n) is 3.62. The molecule has 0 atom stereocenters. The van der Waals surface area contributed by atoms with Gasteiger partial charge in [-0.3, -0.25) is 4.79 Å². The summed E-state index contributed by atoms with van der Waals surface area (Å²) in [6, 6.07) is 5.67. The van der Waals surface area contributed by atoms with Gasteiger partial charge in [0.15, 0.2) is 0 Å². The second-order valence-corrected chi connectivity index (χ2v) is 3.62. The Kier molecular flexibility index (Phi) is 2.53. The molecule has 0 radical (unpaired) electrons. The van der Waals surface area contributed by atoms with E-state index in [0.717, 1.165) is 17.6 Å². The highest BCUT2D eigenvalue weighted by molar-refractivity contribution is 5.75. The van der Waals surface area contributed by atoms with Crippen LogP contribution >= 0.6 is 0 Å². The van der Waals surface area contributed by atoms with E-state index in [-0.39, 0.29) is 0 Å². The minimum Gasteiger partial charge on any atom is -0.494 e. The minimum absolute atomic E-state index is 0.622. The van der Waals surface area contributed by atoms with Crippen LogP contribution in [0.4, 0.5) is 0 Å². The molecule has 1 aromatic carbocycles. The maximum absolute atomic E-state index is 10.6. The first-order valence-electron chi connectivity index (χ1n) is 5.07. The van der Waals surface area contributed by atoms with Gasteiger partial charge in [0, 0.05) is 5.56 Å². The van der Waals surface area contributed by atoms with E-state index in [4.69, 9.17) is 4.74 Å². The van der Waals surface area contributed by atoms with E-state index in [1.807, 2.05) is 25.1 Å². The van der Waals surface area contributed by atoms with Gasteiger partial charge in [0.2, 0.25) is 0 Å². The third-order valence-corrected chi connectivity index (χ3v) is 2.49. The first kappa shape index (κ1) is 9.25. The number of aldehydes is 1. The topological polar surface area (TPSA) is 26.3 Å². The van der Waals surface area contributed by atoms with Crippen molar-refractivity contribution in [2.75, 3.05) is 6.61 Å². The van der Waals surface area contributed by atoms with Crippen molar-refractivity contribution in [2.24, 2.45) is 0 Å². The SMILES string of the molecule is CCOc1ccc(C=O)cc1C1CC1. The van der Waals surface area contributed by atoms with Crippen molar-refractivity contribution in [3.05, 3.63) is 29.3 Å². The minimum atomic E-state index is 0.622. The summed E-state index contributed by atoms with van der Waals surface area (Å²) in [6.07, 6.45) is 3.34. The molecular formula is C12H14O2. The molecule has 0 heterocycles. The molecule has 2 nitrogen and oxygen atoms in total. The highest BCUT2D eigenvalue weighted by Crippen LogP contribution is 2.44. The largest absolute Gasteiger partial charge is 0.494 e. The third kappa shape index (κ3) is 1.79. The molecule has 1 aliphatic rings. The molecule has 0 unspecified atom stereocenters. The summed E-state index contributed by atoms with van der Waals surface area (Å²) in [5.41, 5.74) is 1.95. The van der Waals surface area contributed by atoms with Crippen molar-refractivity contribution >= 4 is 6.29 Å². The fourth-order valence-electron chi connectivity index (χ4n) is 1.64. The molecule has 14 heavy (non-hydrogen) atoms. The third-order valence-electron chi connectivity index (χ3n) is 2.49. The molecule has 2 heteroatoms. The summed E-state index contributed by atoms with van der Waals surface area (Å²) in [7, 11) is 0. The predicted molar refractivity (Wildman–Crippen MR) is 55.0 cm³/mol. The molecule has 74 valence electrons. The van der Waals surface area contributed by atoms with Gasteiger partial charge in [-0.2, -0.15) is 0 Å². The Bertz CT molecular complexity index is 340. The van der Waals surface area contributed by atoms with Crippen molar-refractivity contribution in [2.45, 2.75) is 25.7 Å². The molecule has 1 fully saturated rings. The number of rotatable bonds is 4. The van der Waals surface area contributed by atoms with Crippen molar-refractivity contribution < 1.29 is 9.53 Å². The molecule has 0 saturated heterocycles. The first-order chi connectivity index (χ1) is 6.85. The Hall–Kier alpha value is -1.31. The fraction of sp³-hybridized carbons (Fsp3) is 0.417. The number of carbonyl (C=O) groups excluding carboxylic acids is 1. The highest BCUT2D eigenvalue weighted by atomic mass is 16.5. The maximum Gasteiger partial charge on any atom is 0.150 e. The van der Waals surface area contributed by atoms with Gasteiger partial charge < -0.3 is 4.74 Å². The average molecular weight is 190 g/mol. The van der Waals surface area contributed by atoms with Gasteiger partial charge in [-0.15, -0.1) is 0 Å². The predicted octanol–water partition coefficient (Wildman–Crippen LogP) is 2.78. The average Bonchev–Trinajstić information content (AvgIpc) is 3.02. The number of hydrogen-bond acceptors (Lipinski definition) is 2. The number of benzene rings is 1. The smallest absolute Gasteiger partial charge is 0.150 e. The van der Waals surface area contributed by atoms with Crippen molar-refractivity contribution in [1.29, 1.82) is 0 Å². The van der Waals surface area contributed by atoms with Crippen molar-refractivity contribution in [3.63, 3.8) is 0 Å². The van der Waals surface area contributed by atoms with Crippen molar-refractivity contribution in [3.8, 4) is 5.75 Å². The summed E-state index contributed by atoms with van der Waals surface area (Å²) in [4.78, 5) is 10.6. The van der Waals surface area contributed by atoms with Crippen molar-refractivity contribution in [1.82, 2.24) is 0 Å². The normalized spacial score (nSPS) is 15.2. The van der Waals surface area contributed by atoms with Gasteiger partial charge in [-0.25, -0.2) is 0 Å². The van der Waals surface area contributed by atoms with Crippen LogP contribution in [0.3, 0.4) is 0 Å². The Balaban J connectivity index is 2.33. The lowest BCUT2D eigenvalue weighted by Crippen LogP contribution is -1.96. The number of hydrogen-bond donors (Lipinski definition) is 0. The van der Waals surface area contributed by atoms with Crippen LogP contribution in [0.25, 0.3) is 0 Å². The fourth-order valence-corrected chi connectivity index (χ4v) is 1.64. The van der Waals surface area contributed by atoms with Crippen LogP contribution in [0.5, 0.6) is 5.75 Å². The molecule has 0 amide bonds. The first-order valence-corrected chi connectivity index (χ1v) is 5.07. The van der Waals surface area contributed by atoms with E-state index < -0.39 is 0 Å². The van der Waals surface area contributed by atoms with Crippen LogP contribution in [0.15, 0.2) is 18.2 Å². The maximum atomic E-state index is 10.6. The number of ether oxygens (including phenoxy) is 1. The summed E-state index contributed by atoms with van der Waals surface area (Å²) >= 11 is 0. The molecule has 0 spiro atoms. The van der Waals surface area contributed by atoms with E-state index >= 15 is 0 Å². The summed E-state index contributed by atoms with van der Waals surface area (Å²) in [5.74, 6) is 1.57. The van der Waals surface area contributed by atoms with Crippen LogP contribution in [0, 0.1) is 0 Å². The highest BCUT2D eigenvalue weighted by Gasteiger charge is 2.26. The van der Waals surface area contributed by atoms with Crippen LogP contribution < -0.4 is 4.74 Å². The van der Waals surface area contributed by atoms with E-state index in [2.05, 4.69) is 0 Å². The summed E-state index contributed by atoms with van der Waals surface area (Å²) in [6.45, 7) is 2.66. The van der Waals surface area contributed by atoms with Gasteiger partial charge in [0.25, 0.3) is 0 Å². The zero-order valence-electron chi connectivity index (χ0n) is 8.32. The molecule has 2 rings (SSSR count). The van der Waals surface area contributed by atoms with E-state index in [1.165, 1.54) is 18.4 Å². The van der Waals surface area contributed by atoms with Gasteiger partial charge in [-0.1, -0.05) is 0 Å². The lowest BCUT2D eigenvalue weighted by atomic mass is 10.1. The lowest BCUT2D eigenvalue weighted by Gasteiger charge is -2.09. The zero-order chi connectivity index (χ0) is 9.97. The molecule has 0 N–H and O–H groups in total. The molecule has 1 aromatic rings. The Morgan fingerprint density at radius 3 is 2.86 bits per heavy atom. The van der Waals surface area contributed by atoms with Crippen LogP contribution in [-0.4, -0.2) is 12.9 Å². The standard InChI is InChI=1S/C12H14O2/c1-2-14-12-6-3-9(8-13)7-11(12)10-4-5-10/h3,6-8,10H,2,4-5H2,1H3. The molecular weight excluding hydrogens is 176 g/mol. The van der Waals surface area contributed by atoms with E-state index in [9.17, 15) is 4.79 Å². The molecule has 0 aromatic heterocycles. The Morgan fingerprint density at radius 2 is 2.29 bits per heavy atom. The van der Waals surface area contributed by atoms with Crippen LogP contribution in [0.1, 0.15) is 41.6 Å². The Morgan fingerprint density at radius 1 is 1.50 bits per heavy atom. The van der Waals surface area contributed by atoms with Crippen LogP contribution in [-0.2, 0) is 0 Å². The second kappa shape index (κ2) is 3.82. The van der Waals surface area contributed by atoms with Gasteiger partial charge in [0.1, 0.15) is 12.0 Å². The quantitative estimate of drug-likeness (QED) is 0.682. The van der Waals surface area contributed by atoms with E-state index in [0.29, 0.717) is 12.5 Å². The summed E-state index contributed by atoms with van der Waals surface area (Å²) in [5, 5.41) is 0. The van der Waals surface area contributed by atoms with Gasteiger partial charge in [0.05, 0.1) is 6.61 Å². The van der Waals surface area contributed by atoms with Gasteiger partial charge in [-0.05, 0) is 49.4 Å². The Labute approximate surface area is 83.9 Å². The lowest BCUT2D eigenvalue weighted by molar-refractivity contribution is 0.112. The monoisotopic (exact) mass is 190 g/mol. The molecule has 0 bridgehead atoms. The number of carbonyl (C=O) groups is 1.